The number of alkyl halides is 4. The van der Waals surface area contributed by atoms with Gasteiger partial charge in [-0.25, -0.2) is 8.78 Å². The maximum atomic E-state index is 12.8. The van der Waals surface area contributed by atoms with Gasteiger partial charge in [0.1, 0.15) is 0 Å². The smallest absolute Gasteiger partial charge is 0.369 e. The maximum absolute atomic E-state index is 12.8. The van der Waals surface area contributed by atoms with Gasteiger partial charge in [0.25, 0.3) is 0 Å². The number of methoxy groups -OCH3 is 1. The van der Waals surface area contributed by atoms with Crippen molar-refractivity contribution in [1.82, 2.24) is 0 Å². The Morgan fingerprint density at radius 2 is 2.00 bits per heavy atom. The fraction of sp³-hybridized carbons (Fsp3) is 0.400. The average molecular weight is 284 g/mol. The summed E-state index contributed by atoms with van der Waals surface area (Å²) in [5, 5.41) is 0. The first-order valence-electron chi connectivity index (χ1n) is 4.65. The minimum atomic E-state index is -4.71. The molecule has 0 saturated carbocycles. The van der Waals surface area contributed by atoms with Crippen molar-refractivity contribution in [3.63, 3.8) is 0 Å². The standard InChI is InChI=1S/C10H8F4O3S/c1-17-7(15)4-5-2-3-6(18-5)8(16)10(13,14)9(11)12/h2-3,9H,4H2,1H3. The third kappa shape index (κ3) is 3.06. The molecule has 0 aliphatic carbocycles. The molecule has 0 amide bonds. The van der Waals surface area contributed by atoms with Gasteiger partial charge in [0.05, 0.1) is 18.4 Å². The van der Waals surface area contributed by atoms with Crippen molar-refractivity contribution in [2.45, 2.75) is 18.8 Å². The van der Waals surface area contributed by atoms with E-state index in [0.29, 0.717) is 11.3 Å². The summed E-state index contributed by atoms with van der Waals surface area (Å²) in [6.45, 7) is 0. The highest BCUT2D eigenvalue weighted by atomic mass is 32.1. The van der Waals surface area contributed by atoms with Crippen LogP contribution in [-0.4, -0.2) is 31.2 Å². The van der Waals surface area contributed by atoms with Crippen LogP contribution in [0.2, 0.25) is 0 Å². The molecule has 1 heterocycles. The molecule has 0 aromatic carbocycles. The van der Waals surface area contributed by atoms with E-state index in [1.165, 1.54) is 6.07 Å². The van der Waals surface area contributed by atoms with Crippen LogP contribution in [0.15, 0.2) is 12.1 Å². The molecule has 18 heavy (non-hydrogen) atoms. The third-order valence-electron chi connectivity index (χ3n) is 2.01. The third-order valence-corrected chi connectivity index (χ3v) is 3.09. The summed E-state index contributed by atoms with van der Waals surface area (Å²) in [5.74, 6) is -7.27. The summed E-state index contributed by atoms with van der Waals surface area (Å²) in [6, 6.07) is 2.23. The fourth-order valence-electron chi connectivity index (χ4n) is 1.07. The summed E-state index contributed by atoms with van der Waals surface area (Å²) in [5.41, 5.74) is 0. The average Bonchev–Trinajstić information content (AvgIpc) is 2.75. The molecule has 0 atom stereocenters. The van der Waals surface area contributed by atoms with Gasteiger partial charge >= 0.3 is 18.3 Å². The first-order chi connectivity index (χ1) is 8.28. The van der Waals surface area contributed by atoms with Gasteiger partial charge < -0.3 is 4.74 Å². The highest BCUT2D eigenvalue weighted by Gasteiger charge is 2.49. The number of carbonyl (C=O) groups is 2. The minimum Gasteiger partial charge on any atom is -0.469 e. The summed E-state index contributed by atoms with van der Waals surface area (Å²) in [4.78, 5) is 21.8. The van der Waals surface area contributed by atoms with Crippen molar-refractivity contribution in [3.05, 3.63) is 21.9 Å². The van der Waals surface area contributed by atoms with Gasteiger partial charge in [0.15, 0.2) is 0 Å². The van der Waals surface area contributed by atoms with E-state index < -0.39 is 29.0 Å². The quantitative estimate of drug-likeness (QED) is 0.474. The lowest BCUT2D eigenvalue weighted by Gasteiger charge is -2.11. The van der Waals surface area contributed by atoms with Crippen LogP contribution in [0.3, 0.4) is 0 Å². The van der Waals surface area contributed by atoms with Gasteiger partial charge in [0, 0.05) is 4.88 Å². The Bertz CT molecular complexity index is 456. The van der Waals surface area contributed by atoms with E-state index in [0.717, 1.165) is 13.2 Å². The number of ether oxygens (including phenoxy) is 1. The second kappa shape index (κ2) is 5.47. The first-order valence-corrected chi connectivity index (χ1v) is 5.47. The Morgan fingerprint density at radius 3 is 2.50 bits per heavy atom. The molecule has 0 aliphatic rings. The molecule has 0 unspecified atom stereocenters. The van der Waals surface area contributed by atoms with Crippen LogP contribution >= 0.6 is 11.3 Å². The van der Waals surface area contributed by atoms with Crippen LogP contribution < -0.4 is 0 Å². The van der Waals surface area contributed by atoms with Crippen molar-refractivity contribution >= 4 is 23.1 Å². The Hall–Kier alpha value is -1.44. The summed E-state index contributed by atoms with van der Waals surface area (Å²) in [6.07, 6.45) is -4.26. The SMILES string of the molecule is COC(=O)Cc1ccc(C(=O)C(F)(F)C(F)F)s1. The molecular weight excluding hydrogens is 276 g/mol. The second-order valence-electron chi connectivity index (χ2n) is 3.27. The van der Waals surface area contributed by atoms with E-state index in [9.17, 15) is 27.2 Å². The van der Waals surface area contributed by atoms with E-state index in [-0.39, 0.29) is 11.3 Å². The maximum Gasteiger partial charge on any atom is 0.369 e. The normalized spacial score (nSPS) is 11.7. The Morgan fingerprint density at radius 1 is 1.39 bits per heavy atom. The molecule has 0 saturated heterocycles. The van der Waals surface area contributed by atoms with Crippen molar-refractivity contribution in [3.8, 4) is 0 Å². The van der Waals surface area contributed by atoms with Gasteiger partial charge in [-0.05, 0) is 12.1 Å². The van der Waals surface area contributed by atoms with Crippen molar-refractivity contribution < 1.29 is 31.9 Å². The molecule has 1 aromatic rings. The summed E-state index contributed by atoms with van der Waals surface area (Å²) < 4.78 is 53.9. The highest BCUT2D eigenvalue weighted by Crippen LogP contribution is 2.30. The molecule has 3 nitrogen and oxygen atoms in total. The van der Waals surface area contributed by atoms with E-state index in [1.807, 2.05) is 0 Å². The van der Waals surface area contributed by atoms with E-state index in [2.05, 4.69) is 4.74 Å². The molecule has 0 bridgehead atoms. The molecule has 100 valence electrons. The molecule has 0 N–H and O–H groups in total. The lowest BCUT2D eigenvalue weighted by atomic mass is 10.2. The van der Waals surface area contributed by atoms with Gasteiger partial charge in [-0.3, -0.25) is 9.59 Å². The van der Waals surface area contributed by atoms with Crippen LogP contribution in [0.4, 0.5) is 17.6 Å². The lowest BCUT2D eigenvalue weighted by Crippen LogP contribution is -2.36. The molecule has 0 aliphatic heterocycles. The zero-order valence-electron chi connectivity index (χ0n) is 9.08. The van der Waals surface area contributed by atoms with Gasteiger partial charge in [-0.15, -0.1) is 11.3 Å². The predicted molar refractivity (Wildman–Crippen MR) is 55.3 cm³/mol. The minimum absolute atomic E-state index is 0.200. The largest absolute Gasteiger partial charge is 0.469 e. The Labute approximate surface area is 103 Å². The second-order valence-corrected chi connectivity index (χ2v) is 4.44. The molecule has 1 rings (SSSR count). The van der Waals surface area contributed by atoms with Crippen LogP contribution in [0, 0.1) is 0 Å². The van der Waals surface area contributed by atoms with Crippen LogP contribution in [0.25, 0.3) is 0 Å². The first kappa shape index (κ1) is 14.6. The van der Waals surface area contributed by atoms with E-state index in [1.54, 1.807) is 0 Å². The number of hydrogen-bond donors (Lipinski definition) is 0. The van der Waals surface area contributed by atoms with Gasteiger partial charge in [-0.2, -0.15) is 8.78 Å². The summed E-state index contributed by atoms with van der Waals surface area (Å²) in [7, 11) is 1.15. The van der Waals surface area contributed by atoms with Crippen LogP contribution in [0.5, 0.6) is 0 Å². The topological polar surface area (TPSA) is 43.4 Å². The van der Waals surface area contributed by atoms with Crippen molar-refractivity contribution in [2.24, 2.45) is 0 Å². The number of rotatable bonds is 5. The van der Waals surface area contributed by atoms with E-state index >= 15 is 0 Å². The van der Waals surface area contributed by atoms with Crippen LogP contribution in [0.1, 0.15) is 14.5 Å². The number of halogens is 4. The number of ketones is 1. The molecule has 0 fully saturated rings. The van der Waals surface area contributed by atoms with Crippen molar-refractivity contribution in [2.75, 3.05) is 7.11 Å². The number of thiophene rings is 1. The zero-order chi connectivity index (χ0) is 13.9. The Balaban J connectivity index is 2.86. The number of hydrogen-bond acceptors (Lipinski definition) is 4. The number of esters is 1. The highest BCUT2D eigenvalue weighted by molar-refractivity contribution is 7.14. The lowest BCUT2D eigenvalue weighted by molar-refractivity contribution is -0.139. The molecular formula is C10H8F4O3S. The number of carbonyl (C=O) groups excluding carboxylic acids is 2. The zero-order valence-corrected chi connectivity index (χ0v) is 9.90. The molecule has 1 aromatic heterocycles. The number of Topliss-reactive ketones (excluding diaryl/α,β-unsaturated/α-hetero) is 1. The summed E-state index contributed by atoms with van der Waals surface area (Å²) >= 11 is 0.565. The van der Waals surface area contributed by atoms with Crippen LogP contribution in [-0.2, 0) is 16.0 Å². The monoisotopic (exact) mass is 284 g/mol. The van der Waals surface area contributed by atoms with Gasteiger partial charge in [0.2, 0.25) is 5.78 Å². The Kier molecular flexibility index (Phi) is 4.44. The molecule has 0 radical (unpaired) electrons. The molecule has 0 spiro atoms. The van der Waals surface area contributed by atoms with Crippen molar-refractivity contribution in [1.29, 1.82) is 0 Å². The van der Waals surface area contributed by atoms with E-state index in [4.69, 9.17) is 0 Å². The fourth-order valence-corrected chi connectivity index (χ4v) is 2.05. The predicted octanol–water partition coefficient (Wildman–Crippen LogP) is 2.55. The molecule has 8 heteroatoms. The van der Waals surface area contributed by atoms with Gasteiger partial charge in [-0.1, -0.05) is 0 Å².